The number of anilines is 1. The normalized spacial score (nSPS) is 19.3. The van der Waals surface area contributed by atoms with E-state index in [1.165, 1.54) is 9.80 Å². The number of urea groups is 1. The van der Waals surface area contributed by atoms with Gasteiger partial charge < -0.3 is 30.7 Å². The van der Waals surface area contributed by atoms with Gasteiger partial charge in [0.1, 0.15) is 6.04 Å². The van der Waals surface area contributed by atoms with E-state index in [0.29, 0.717) is 55.1 Å². The highest BCUT2D eigenvalue weighted by Gasteiger charge is 2.42. The third-order valence-electron chi connectivity index (χ3n) is 11.3. The molecule has 7 rings (SSSR count). The van der Waals surface area contributed by atoms with E-state index in [4.69, 9.17) is 5.73 Å². The standard InChI is InChI=1S/C37H43F6N9O3/c1-48-10-6-23(7-11-48)49-14-16-50(17-15-49)33(53)29(20-22-18-26(36(38,39)40)31(44)27(19-22)37(41,42)43)46-34(54)51-12-8-24(9-13-51)52-30-21-45-28-5-3-2-4-25(28)32(30)47-35(52)55/h2-5,18-19,21,23-24,29H,6-17,20,44H2,1H3,(H,46,54)(H,47,55). The van der Waals surface area contributed by atoms with Crippen molar-refractivity contribution in [2.24, 2.45) is 0 Å². The Kier molecular flexibility index (Phi) is 10.5. The lowest BCUT2D eigenvalue weighted by atomic mass is 9.96. The van der Waals surface area contributed by atoms with E-state index in [1.807, 2.05) is 24.3 Å². The lowest BCUT2D eigenvalue weighted by molar-refractivity contribution is -0.141. The molecule has 3 aliphatic heterocycles. The number of hydrogen-bond acceptors (Lipinski definition) is 7. The average molecular weight is 776 g/mol. The van der Waals surface area contributed by atoms with Gasteiger partial charge in [-0.05, 0) is 69.6 Å². The maximum atomic E-state index is 14.1. The van der Waals surface area contributed by atoms with Gasteiger partial charge in [0, 0.05) is 63.2 Å². The molecule has 3 fully saturated rings. The van der Waals surface area contributed by atoms with Crippen LogP contribution in [0.4, 0.5) is 36.8 Å². The van der Waals surface area contributed by atoms with Crippen LogP contribution in [0.25, 0.3) is 21.9 Å². The minimum absolute atomic E-state index is 0.172. The first kappa shape index (κ1) is 38.4. The number of rotatable bonds is 6. The van der Waals surface area contributed by atoms with Crippen molar-refractivity contribution in [2.45, 2.75) is 62.6 Å². The number of amides is 3. The van der Waals surface area contributed by atoms with Crippen molar-refractivity contribution < 1.29 is 35.9 Å². The zero-order chi connectivity index (χ0) is 39.2. The summed E-state index contributed by atoms with van der Waals surface area (Å²) in [5.74, 6) is -0.602. The number of carbonyl (C=O) groups is 2. The Morgan fingerprint density at radius 3 is 2.09 bits per heavy atom. The van der Waals surface area contributed by atoms with Gasteiger partial charge in [-0.1, -0.05) is 18.2 Å². The molecule has 3 saturated heterocycles. The molecule has 0 bridgehead atoms. The fourth-order valence-electron chi connectivity index (χ4n) is 8.28. The summed E-state index contributed by atoms with van der Waals surface area (Å²) in [6.45, 7) is 3.91. The number of nitrogens with zero attached hydrogens (tertiary/aromatic N) is 6. The van der Waals surface area contributed by atoms with Crippen LogP contribution in [0.1, 0.15) is 48.4 Å². The molecule has 4 aromatic rings. The first-order valence-corrected chi connectivity index (χ1v) is 18.4. The summed E-state index contributed by atoms with van der Waals surface area (Å²) in [5, 5.41) is 3.44. The molecule has 4 N–H and O–H groups in total. The fourth-order valence-corrected chi connectivity index (χ4v) is 8.28. The van der Waals surface area contributed by atoms with Crippen molar-refractivity contribution >= 4 is 39.6 Å². The molecule has 55 heavy (non-hydrogen) atoms. The largest absolute Gasteiger partial charge is 0.418 e. The molecule has 1 unspecified atom stereocenters. The average Bonchev–Trinajstić information content (AvgIpc) is 3.50. The number of alkyl halides is 6. The number of H-pyrrole nitrogens is 1. The number of aromatic nitrogens is 3. The number of nitrogens with one attached hydrogen (secondary N) is 2. The smallest absolute Gasteiger partial charge is 0.398 e. The number of nitrogens with two attached hydrogens (primary N) is 1. The number of hydrogen-bond donors (Lipinski definition) is 3. The highest BCUT2D eigenvalue weighted by Crippen LogP contribution is 2.42. The molecule has 2 aromatic heterocycles. The summed E-state index contributed by atoms with van der Waals surface area (Å²) < 4.78 is 85.2. The number of imidazole rings is 1. The molecule has 3 aliphatic rings. The number of carbonyl (C=O) groups excluding carboxylic acids is 2. The molecule has 0 aliphatic carbocycles. The number of fused-ring (bicyclic) bond motifs is 3. The number of likely N-dealkylation sites (tertiary alicyclic amines) is 2. The number of pyridine rings is 1. The zero-order valence-electron chi connectivity index (χ0n) is 30.2. The van der Waals surface area contributed by atoms with Crippen LogP contribution in [0.3, 0.4) is 0 Å². The molecule has 18 heteroatoms. The number of aromatic amines is 1. The van der Waals surface area contributed by atoms with Crippen molar-refractivity contribution in [1.29, 1.82) is 0 Å². The molecule has 0 spiro atoms. The number of halogens is 6. The molecule has 2 aromatic carbocycles. The molecule has 1 atom stereocenters. The van der Waals surface area contributed by atoms with Crippen LogP contribution in [0.2, 0.25) is 0 Å². The van der Waals surface area contributed by atoms with Crippen LogP contribution >= 0.6 is 0 Å². The van der Waals surface area contributed by atoms with Gasteiger partial charge in [-0.2, -0.15) is 26.3 Å². The summed E-state index contributed by atoms with van der Waals surface area (Å²) in [6.07, 6.45) is -6.72. The number of benzene rings is 2. The summed E-state index contributed by atoms with van der Waals surface area (Å²) >= 11 is 0. The van der Waals surface area contributed by atoms with E-state index >= 15 is 0 Å². The summed E-state index contributed by atoms with van der Waals surface area (Å²) in [7, 11) is 2.06. The first-order valence-electron chi connectivity index (χ1n) is 18.4. The lowest BCUT2D eigenvalue weighted by Gasteiger charge is -2.43. The van der Waals surface area contributed by atoms with E-state index in [-0.39, 0.29) is 37.9 Å². The molecule has 296 valence electrons. The van der Waals surface area contributed by atoms with Gasteiger partial charge in [0.05, 0.1) is 39.6 Å². The molecule has 0 saturated carbocycles. The second-order valence-electron chi connectivity index (χ2n) is 14.8. The Bertz CT molecular complexity index is 2070. The summed E-state index contributed by atoms with van der Waals surface area (Å²) in [5.41, 5.74) is 1.81. The van der Waals surface area contributed by atoms with Gasteiger partial charge in [-0.3, -0.25) is 19.2 Å². The number of piperidine rings is 2. The fraction of sp³-hybridized carbons (Fsp3) is 0.514. The van der Waals surface area contributed by atoms with E-state index in [1.54, 1.807) is 10.8 Å². The van der Waals surface area contributed by atoms with E-state index in [2.05, 4.69) is 32.1 Å². The topological polar surface area (TPSA) is 136 Å². The predicted molar refractivity (Wildman–Crippen MR) is 193 cm³/mol. The third-order valence-corrected chi connectivity index (χ3v) is 11.3. The first-order chi connectivity index (χ1) is 26.1. The van der Waals surface area contributed by atoms with Crippen LogP contribution in [0.15, 0.2) is 47.4 Å². The molecular weight excluding hydrogens is 732 g/mol. The summed E-state index contributed by atoms with van der Waals surface area (Å²) in [4.78, 5) is 55.9. The quantitative estimate of drug-likeness (QED) is 0.191. The van der Waals surface area contributed by atoms with Gasteiger partial charge in [-0.15, -0.1) is 0 Å². The van der Waals surface area contributed by atoms with Crippen LogP contribution in [0, 0.1) is 0 Å². The minimum Gasteiger partial charge on any atom is -0.398 e. The minimum atomic E-state index is -5.20. The van der Waals surface area contributed by atoms with Gasteiger partial charge in [0.2, 0.25) is 5.91 Å². The molecule has 12 nitrogen and oxygen atoms in total. The maximum Gasteiger partial charge on any atom is 0.418 e. The lowest BCUT2D eigenvalue weighted by Crippen LogP contribution is -2.59. The molecule has 5 heterocycles. The Morgan fingerprint density at radius 1 is 0.873 bits per heavy atom. The SMILES string of the molecule is CN1CCC(N2CCN(C(=O)C(Cc3cc(C(F)(F)F)c(N)c(C(F)(F)F)c3)NC(=O)N3CCC(n4c(=O)[nH]c5c6ccccc6ncc54)CC3)CC2)CC1. The third kappa shape index (κ3) is 7.97. The molecular formula is C37H43F6N9O3. The van der Waals surface area contributed by atoms with Gasteiger partial charge >= 0.3 is 24.1 Å². The predicted octanol–water partition coefficient (Wildman–Crippen LogP) is 4.69. The number of nitrogen functional groups attached to an aromatic ring is 1. The Morgan fingerprint density at radius 2 is 1.47 bits per heavy atom. The van der Waals surface area contributed by atoms with E-state index < -0.39 is 59.1 Å². The van der Waals surface area contributed by atoms with Crippen molar-refractivity contribution in [1.82, 2.24) is 39.5 Å². The van der Waals surface area contributed by atoms with E-state index in [0.717, 1.165) is 36.8 Å². The van der Waals surface area contributed by atoms with Gasteiger partial charge in [0.25, 0.3) is 0 Å². The van der Waals surface area contributed by atoms with E-state index in [9.17, 15) is 40.7 Å². The Balaban J connectivity index is 1.09. The second kappa shape index (κ2) is 15.0. The number of piperazine rings is 1. The monoisotopic (exact) mass is 775 g/mol. The van der Waals surface area contributed by atoms with Crippen molar-refractivity contribution in [3.05, 3.63) is 69.8 Å². The maximum absolute atomic E-state index is 14.1. The van der Waals surface area contributed by atoms with Crippen molar-refractivity contribution in [3.8, 4) is 0 Å². The van der Waals surface area contributed by atoms with Crippen LogP contribution in [-0.4, -0.2) is 118 Å². The van der Waals surface area contributed by atoms with Gasteiger partial charge in [-0.25, -0.2) is 9.59 Å². The Hall–Kier alpha value is -4.84. The van der Waals surface area contributed by atoms with Gasteiger partial charge in [0.15, 0.2) is 0 Å². The van der Waals surface area contributed by atoms with Crippen LogP contribution in [0.5, 0.6) is 0 Å². The Labute approximate surface area is 312 Å². The zero-order valence-corrected chi connectivity index (χ0v) is 30.2. The highest BCUT2D eigenvalue weighted by atomic mass is 19.4. The molecule has 3 amide bonds. The van der Waals surface area contributed by atoms with Crippen LogP contribution in [-0.2, 0) is 23.6 Å². The van der Waals surface area contributed by atoms with Crippen molar-refractivity contribution in [2.75, 3.05) is 65.1 Å². The number of para-hydroxylation sites is 1. The van der Waals surface area contributed by atoms with Crippen molar-refractivity contribution in [3.63, 3.8) is 0 Å². The summed E-state index contributed by atoms with van der Waals surface area (Å²) in [6, 6.07) is 6.32. The van der Waals surface area contributed by atoms with Crippen LogP contribution < -0.4 is 16.7 Å². The second-order valence-corrected chi connectivity index (χ2v) is 14.8. The highest BCUT2D eigenvalue weighted by molar-refractivity contribution is 6.01. The molecule has 0 radical (unpaired) electrons.